The van der Waals surface area contributed by atoms with E-state index in [1.165, 1.54) is 5.39 Å². The van der Waals surface area contributed by atoms with Gasteiger partial charge in [0.1, 0.15) is 24.5 Å². The van der Waals surface area contributed by atoms with Crippen LogP contribution in [-0.4, -0.2) is 52.3 Å². The van der Waals surface area contributed by atoms with Crippen LogP contribution in [0.15, 0.2) is 59.6 Å². The number of thiophene rings is 1. The average molecular weight is 431 g/mol. The van der Waals surface area contributed by atoms with Crippen molar-refractivity contribution in [1.29, 1.82) is 0 Å². The quantitative estimate of drug-likeness (QED) is 0.382. The zero-order valence-corrected chi connectivity index (χ0v) is 18.1. The second kappa shape index (κ2) is 8.33. The van der Waals surface area contributed by atoms with Crippen LogP contribution in [0.25, 0.3) is 33.1 Å². The van der Waals surface area contributed by atoms with Gasteiger partial charge in [0.2, 0.25) is 0 Å². The van der Waals surface area contributed by atoms with E-state index in [0.29, 0.717) is 12.4 Å². The number of aromatic nitrogens is 4. The zero-order valence-electron chi connectivity index (χ0n) is 17.3. The molecule has 0 unspecified atom stereocenters. The number of ether oxygens (including phenoxy) is 1. The largest absolute Gasteiger partial charge is 0.492 e. The minimum atomic E-state index is 0.659. The molecule has 7 nitrogen and oxygen atoms in total. The number of hydrogen-bond donors (Lipinski definition) is 2. The first-order valence-corrected chi connectivity index (χ1v) is 10.9. The summed E-state index contributed by atoms with van der Waals surface area (Å²) >= 11 is 1.67. The normalized spacial score (nSPS) is 11.5. The number of hydrogen-bond acceptors (Lipinski definition) is 7. The summed E-state index contributed by atoms with van der Waals surface area (Å²) in [7, 11) is 4.07. The zero-order chi connectivity index (χ0) is 21.2. The molecule has 0 aliphatic rings. The molecule has 31 heavy (non-hydrogen) atoms. The summed E-state index contributed by atoms with van der Waals surface area (Å²) in [6, 6.07) is 14.1. The Bertz CT molecular complexity index is 1310. The monoisotopic (exact) mass is 430 g/mol. The van der Waals surface area contributed by atoms with Crippen molar-refractivity contribution >= 4 is 44.5 Å². The van der Waals surface area contributed by atoms with Gasteiger partial charge < -0.3 is 19.9 Å². The molecule has 0 bridgehead atoms. The summed E-state index contributed by atoms with van der Waals surface area (Å²) in [5.74, 6) is 2.38. The van der Waals surface area contributed by atoms with E-state index in [1.54, 1.807) is 17.7 Å². The maximum Gasteiger partial charge on any atom is 0.163 e. The number of nitrogens with zero attached hydrogens (tertiary/aromatic N) is 4. The molecule has 0 atom stereocenters. The molecule has 0 spiro atoms. The summed E-state index contributed by atoms with van der Waals surface area (Å²) in [5.41, 5.74) is 2.77. The van der Waals surface area contributed by atoms with Crippen molar-refractivity contribution in [3.63, 3.8) is 0 Å². The lowest BCUT2D eigenvalue weighted by Gasteiger charge is -2.13. The lowest BCUT2D eigenvalue weighted by atomic mass is 10.1. The fourth-order valence-electron chi connectivity index (χ4n) is 3.48. The molecule has 0 saturated carbocycles. The number of anilines is 2. The van der Waals surface area contributed by atoms with E-state index >= 15 is 0 Å². The molecule has 0 fully saturated rings. The predicted molar refractivity (Wildman–Crippen MR) is 126 cm³/mol. The number of para-hydroxylation sites is 1. The van der Waals surface area contributed by atoms with Gasteiger partial charge in [0.25, 0.3) is 0 Å². The summed E-state index contributed by atoms with van der Waals surface area (Å²) in [6.07, 6.45) is 1.58. The van der Waals surface area contributed by atoms with Gasteiger partial charge in [0.05, 0.1) is 5.52 Å². The lowest BCUT2D eigenvalue weighted by Crippen LogP contribution is -2.19. The predicted octanol–water partition coefficient (Wildman–Crippen LogP) is 4.92. The molecule has 156 valence electrons. The van der Waals surface area contributed by atoms with Gasteiger partial charge in [-0.1, -0.05) is 12.1 Å². The van der Waals surface area contributed by atoms with Crippen LogP contribution < -0.4 is 10.1 Å². The van der Waals surface area contributed by atoms with Crippen LogP contribution in [0.4, 0.5) is 11.5 Å². The molecular weight excluding hydrogens is 408 g/mol. The van der Waals surface area contributed by atoms with Gasteiger partial charge in [0.15, 0.2) is 5.82 Å². The molecule has 0 aliphatic carbocycles. The van der Waals surface area contributed by atoms with Crippen molar-refractivity contribution in [3.05, 3.63) is 59.6 Å². The SMILES string of the molecule is CN(C)CCOc1ccc(Nc2nc3c(-c4nnc[nH]4)cccc3c3cscc23)cc1. The Morgan fingerprint density at radius 1 is 1.03 bits per heavy atom. The van der Waals surface area contributed by atoms with E-state index in [1.807, 2.05) is 50.5 Å². The standard InChI is InChI=1S/C23H22N6OS/c1-29(2)10-11-30-16-8-6-15(7-9-16)26-23-20-13-31-12-19(20)17-4-3-5-18(21(17)27-23)22-24-14-25-28-22/h3-9,12-14H,10-11H2,1-2H3,(H,26,27)(H,24,25,28). The summed E-state index contributed by atoms with van der Waals surface area (Å²) < 4.78 is 5.79. The number of aromatic amines is 1. The number of benzene rings is 2. The van der Waals surface area contributed by atoms with Crippen molar-refractivity contribution in [2.24, 2.45) is 0 Å². The fourth-order valence-corrected chi connectivity index (χ4v) is 4.32. The first-order chi connectivity index (χ1) is 15.2. The molecule has 3 heterocycles. The molecule has 0 aliphatic heterocycles. The molecule has 5 aromatic rings. The van der Waals surface area contributed by atoms with Gasteiger partial charge in [-0.05, 0) is 49.8 Å². The highest BCUT2D eigenvalue weighted by molar-refractivity contribution is 7.09. The smallest absolute Gasteiger partial charge is 0.163 e. The number of nitrogens with one attached hydrogen (secondary N) is 2. The maximum absolute atomic E-state index is 5.79. The van der Waals surface area contributed by atoms with Crippen molar-refractivity contribution < 1.29 is 4.74 Å². The highest BCUT2D eigenvalue weighted by Crippen LogP contribution is 2.36. The molecule has 5 rings (SSSR count). The van der Waals surface area contributed by atoms with Crippen molar-refractivity contribution in [2.75, 3.05) is 32.6 Å². The van der Waals surface area contributed by atoms with Crippen molar-refractivity contribution in [3.8, 4) is 17.1 Å². The van der Waals surface area contributed by atoms with Gasteiger partial charge >= 0.3 is 0 Å². The highest BCUT2D eigenvalue weighted by atomic mass is 32.1. The minimum Gasteiger partial charge on any atom is -0.492 e. The van der Waals surface area contributed by atoms with E-state index in [9.17, 15) is 0 Å². The number of H-pyrrole nitrogens is 1. The Labute approximate surface area is 183 Å². The van der Waals surface area contributed by atoms with Crippen molar-refractivity contribution in [1.82, 2.24) is 25.1 Å². The van der Waals surface area contributed by atoms with E-state index in [4.69, 9.17) is 9.72 Å². The first-order valence-electron chi connectivity index (χ1n) is 9.99. The molecule has 3 aromatic heterocycles. The fraction of sp³-hybridized carbons (Fsp3) is 0.174. The third-order valence-corrected chi connectivity index (χ3v) is 5.81. The van der Waals surface area contributed by atoms with Gasteiger partial charge in [-0.25, -0.2) is 4.98 Å². The van der Waals surface area contributed by atoms with Crippen LogP contribution in [-0.2, 0) is 0 Å². The summed E-state index contributed by atoms with van der Waals surface area (Å²) in [4.78, 5) is 10.2. The highest BCUT2D eigenvalue weighted by Gasteiger charge is 2.14. The second-order valence-corrected chi connectivity index (χ2v) is 8.24. The average Bonchev–Trinajstić information content (AvgIpc) is 3.47. The molecule has 2 aromatic carbocycles. The van der Waals surface area contributed by atoms with E-state index < -0.39 is 0 Å². The number of fused-ring (bicyclic) bond motifs is 3. The Morgan fingerprint density at radius 3 is 2.65 bits per heavy atom. The number of rotatable bonds is 7. The molecule has 8 heteroatoms. The first kappa shape index (κ1) is 19.5. The van der Waals surface area contributed by atoms with Gasteiger partial charge in [-0.15, -0.1) is 10.2 Å². The molecular formula is C23H22N6OS. The third kappa shape index (κ3) is 3.95. The van der Waals surface area contributed by atoms with E-state index in [2.05, 4.69) is 42.2 Å². The minimum absolute atomic E-state index is 0.659. The van der Waals surface area contributed by atoms with Crippen LogP contribution in [0.3, 0.4) is 0 Å². The van der Waals surface area contributed by atoms with Crippen LogP contribution in [0.2, 0.25) is 0 Å². The van der Waals surface area contributed by atoms with Gasteiger partial charge in [0, 0.05) is 39.3 Å². The molecule has 0 saturated heterocycles. The van der Waals surface area contributed by atoms with Crippen molar-refractivity contribution in [2.45, 2.75) is 0 Å². The Kier molecular flexibility index (Phi) is 5.23. The molecule has 0 radical (unpaired) electrons. The number of pyridine rings is 1. The summed E-state index contributed by atoms with van der Waals surface area (Å²) in [6.45, 7) is 1.54. The Hall–Kier alpha value is -3.49. The van der Waals surface area contributed by atoms with Gasteiger partial charge in [-0.3, -0.25) is 0 Å². The molecule has 0 amide bonds. The van der Waals surface area contributed by atoms with Crippen LogP contribution >= 0.6 is 11.3 Å². The van der Waals surface area contributed by atoms with Crippen LogP contribution in [0.5, 0.6) is 5.75 Å². The van der Waals surface area contributed by atoms with E-state index in [-0.39, 0.29) is 0 Å². The van der Waals surface area contributed by atoms with Crippen LogP contribution in [0, 0.1) is 0 Å². The Morgan fingerprint density at radius 2 is 1.87 bits per heavy atom. The number of likely N-dealkylation sites (N-methyl/N-ethyl adjacent to an activating group) is 1. The van der Waals surface area contributed by atoms with Crippen LogP contribution in [0.1, 0.15) is 0 Å². The van der Waals surface area contributed by atoms with E-state index in [0.717, 1.165) is 45.7 Å². The maximum atomic E-state index is 5.79. The second-order valence-electron chi connectivity index (χ2n) is 7.50. The third-order valence-electron chi connectivity index (χ3n) is 5.06. The summed E-state index contributed by atoms with van der Waals surface area (Å²) in [5, 5.41) is 19.2. The van der Waals surface area contributed by atoms with Gasteiger partial charge in [-0.2, -0.15) is 11.3 Å². The Balaban J connectivity index is 1.49. The lowest BCUT2D eigenvalue weighted by molar-refractivity contribution is 0.261. The molecule has 2 N–H and O–H groups in total. The topological polar surface area (TPSA) is 79.0 Å².